The number of para-hydroxylation sites is 1. The number of piperazine rings is 1. The van der Waals surface area contributed by atoms with Gasteiger partial charge in [0.15, 0.2) is 0 Å². The molecular formula is C23H25ClF3N3O2. The third kappa shape index (κ3) is 4.52. The van der Waals surface area contributed by atoms with Gasteiger partial charge in [-0.2, -0.15) is 13.2 Å². The Labute approximate surface area is 190 Å². The summed E-state index contributed by atoms with van der Waals surface area (Å²) >= 11 is 6.40. The van der Waals surface area contributed by atoms with E-state index >= 15 is 0 Å². The SMILES string of the molecule is COCCNC(=O)[C@H]1Cc2cc(C(F)(F)F)ccc2N2CCN(c3ccccc3Cl)C[C@H]12. The Kier molecular flexibility index (Phi) is 6.53. The van der Waals surface area contributed by atoms with E-state index in [9.17, 15) is 18.0 Å². The lowest BCUT2D eigenvalue weighted by atomic mass is 9.82. The molecule has 1 saturated heterocycles. The van der Waals surface area contributed by atoms with Crippen molar-refractivity contribution in [1.29, 1.82) is 0 Å². The fraction of sp³-hybridized carbons (Fsp3) is 0.435. The van der Waals surface area contributed by atoms with E-state index in [-0.39, 0.29) is 18.4 Å². The molecule has 1 N–H and O–H groups in total. The Morgan fingerprint density at radius 2 is 1.97 bits per heavy atom. The Morgan fingerprint density at radius 1 is 1.19 bits per heavy atom. The number of halogens is 4. The zero-order chi connectivity index (χ0) is 22.9. The number of carbonyl (C=O) groups is 1. The van der Waals surface area contributed by atoms with Crippen LogP contribution >= 0.6 is 11.6 Å². The van der Waals surface area contributed by atoms with E-state index in [1.165, 1.54) is 12.1 Å². The first-order valence-corrected chi connectivity index (χ1v) is 10.9. The van der Waals surface area contributed by atoms with E-state index in [0.29, 0.717) is 43.4 Å². The van der Waals surface area contributed by atoms with Crippen molar-refractivity contribution in [2.45, 2.75) is 18.6 Å². The van der Waals surface area contributed by atoms with Gasteiger partial charge in [-0.1, -0.05) is 23.7 Å². The molecule has 2 aliphatic heterocycles. The first kappa shape index (κ1) is 22.7. The number of amides is 1. The highest BCUT2D eigenvalue weighted by molar-refractivity contribution is 6.33. The minimum atomic E-state index is -4.43. The lowest BCUT2D eigenvalue weighted by Gasteiger charge is -2.49. The zero-order valence-corrected chi connectivity index (χ0v) is 18.4. The monoisotopic (exact) mass is 467 g/mol. The summed E-state index contributed by atoms with van der Waals surface area (Å²) < 4.78 is 44.9. The summed E-state index contributed by atoms with van der Waals surface area (Å²) in [5.41, 5.74) is 1.52. The molecule has 2 aliphatic rings. The van der Waals surface area contributed by atoms with Crippen molar-refractivity contribution in [3.05, 3.63) is 58.6 Å². The molecular weight excluding hydrogens is 443 g/mol. The van der Waals surface area contributed by atoms with Crippen molar-refractivity contribution >= 4 is 28.9 Å². The van der Waals surface area contributed by atoms with Crippen LogP contribution in [0.25, 0.3) is 0 Å². The van der Waals surface area contributed by atoms with Gasteiger partial charge in [0.1, 0.15) is 0 Å². The van der Waals surface area contributed by atoms with Crippen LogP contribution < -0.4 is 15.1 Å². The second-order valence-electron chi connectivity index (χ2n) is 8.09. The largest absolute Gasteiger partial charge is 0.416 e. The van der Waals surface area contributed by atoms with Gasteiger partial charge >= 0.3 is 6.18 Å². The molecule has 0 radical (unpaired) electrons. The summed E-state index contributed by atoms with van der Waals surface area (Å²) in [6.45, 7) is 2.50. The molecule has 0 saturated carbocycles. The number of nitrogens with one attached hydrogen (secondary N) is 1. The van der Waals surface area contributed by atoms with Crippen LogP contribution in [0.4, 0.5) is 24.5 Å². The molecule has 5 nitrogen and oxygen atoms in total. The lowest BCUT2D eigenvalue weighted by Crippen LogP contribution is -2.61. The van der Waals surface area contributed by atoms with Gasteiger partial charge in [-0.3, -0.25) is 4.79 Å². The molecule has 0 aromatic heterocycles. The number of ether oxygens (including phenoxy) is 1. The Morgan fingerprint density at radius 3 is 2.69 bits per heavy atom. The van der Waals surface area contributed by atoms with Gasteiger partial charge < -0.3 is 19.9 Å². The number of anilines is 2. The highest BCUT2D eigenvalue weighted by Crippen LogP contribution is 2.40. The maximum atomic E-state index is 13.3. The highest BCUT2D eigenvalue weighted by atomic mass is 35.5. The van der Waals surface area contributed by atoms with Crippen LogP contribution in [0.2, 0.25) is 5.02 Å². The van der Waals surface area contributed by atoms with Crippen molar-refractivity contribution in [2.24, 2.45) is 5.92 Å². The predicted octanol–water partition coefficient (Wildman–Crippen LogP) is 3.99. The topological polar surface area (TPSA) is 44.8 Å². The van der Waals surface area contributed by atoms with Gasteiger partial charge in [-0.15, -0.1) is 0 Å². The third-order valence-corrected chi connectivity index (χ3v) is 6.49. The van der Waals surface area contributed by atoms with E-state index in [2.05, 4.69) is 15.1 Å². The minimum Gasteiger partial charge on any atom is -0.383 e. The Hall–Kier alpha value is -2.45. The number of hydrogen-bond acceptors (Lipinski definition) is 4. The average Bonchev–Trinajstić information content (AvgIpc) is 2.77. The molecule has 9 heteroatoms. The molecule has 172 valence electrons. The van der Waals surface area contributed by atoms with Gasteiger partial charge in [0.25, 0.3) is 0 Å². The standard InChI is InChI=1S/C23H25ClF3N3O2/c1-32-11-8-28-22(31)17-13-15-12-16(23(25,26)27)6-7-19(15)30-10-9-29(14-21(17)30)20-5-3-2-4-18(20)24/h2-7,12,17,21H,8-11,13-14H2,1H3,(H,28,31)/t17-,21+/m0/s1. The molecule has 1 fully saturated rings. The van der Waals surface area contributed by atoms with Crippen LogP contribution in [-0.4, -0.2) is 51.8 Å². The minimum absolute atomic E-state index is 0.180. The molecule has 0 aliphatic carbocycles. The smallest absolute Gasteiger partial charge is 0.383 e. The van der Waals surface area contributed by atoms with Gasteiger partial charge in [-0.05, 0) is 42.3 Å². The summed E-state index contributed by atoms with van der Waals surface area (Å²) in [7, 11) is 1.55. The van der Waals surface area contributed by atoms with Gasteiger partial charge in [0, 0.05) is 39.0 Å². The van der Waals surface area contributed by atoms with E-state index in [1.54, 1.807) is 7.11 Å². The molecule has 2 heterocycles. The molecule has 4 rings (SSSR count). The van der Waals surface area contributed by atoms with Crippen LogP contribution in [0.1, 0.15) is 11.1 Å². The maximum Gasteiger partial charge on any atom is 0.416 e. The maximum absolute atomic E-state index is 13.3. The normalized spacial score (nSPS) is 20.5. The van der Waals surface area contributed by atoms with Crippen LogP contribution in [0.5, 0.6) is 0 Å². The first-order chi connectivity index (χ1) is 15.3. The number of carbonyl (C=O) groups excluding carboxylic acids is 1. The number of nitrogens with zero attached hydrogens (tertiary/aromatic N) is 2. The Balaban J connectivity index is 1.66. The van der Waals surface area contributed by atoms with E-state index in [0.717, 1.165) is 17.4 Å². The molecule has 2 aromatic carbocycles. The fourth-order valence-electron chi connectivity index (χ4n) is 4.63. The van der Waals surface area contributed by atoms with Crippen molar-refractivity contribution in [2.75, 3.05) is 49.7 Å². The van der Waals surface area contributed by atoms with Crippen molar-refractivity contribution in [3.63, 3.8) is 0 Å². The van der Waals surface area contributed by atoms with Gasteiger partial charge in [-0.25, -0.2) is 0 Å². The summed E-state index contributed by atoms with van der Waals surface area (Å²) in [5.74, 6) is -0.672. The quantitative estimate of drug-likeness (QED) is 0.675. The fourth-order valence-corrected chi connectivity index (χ4v) is 4.89. The zero-order valence-electron chi connectivity index (χ0n) is 17.7. The third-order valence-electron chi connectivity index (χ3n) is 6.17. The van der Waals surface area contributed by atoms with Gasteiger partial charge in [0.05, 0.1) is 34.8 Å². The van der Waals surface area contributed by atoms with Crippen LogP contribution in [0.15, 0.2) is 42.5 Å². The number of methoxy groups -OCH3 is 1. The van der Waals surface area contributed by atoms with Crippen LogP contribution in [0, 0.1) is 5.92 Å². The van der Waals surface area contributed by atoms with Crippen molar-refractivity contribution < 1.29 is 22.7 Å². The molecule has 0 unspecified atom stereocenters. The average molecular weight is 468 g/mol. The highest BCUT2D eigenvalue weighted by Gasteiger charge is 2.43. The molecule has 2 atom stereocenters. The molecule has 32 heavy (non-hydrogen) atoms. The number of alkyl halides is 3. The second-order valence-corrected chi connectivity index (χ2v) is 8.50. The summed E-state index contributed by atoms with van der Waals surface area (Å²) in [5, 5.41) is 3.50. The molecule has 0 spiro atoms. The van der Waals surface area contributed by atoms with E-state index in [1.807, 2.05) is 24.3 Å². The second kappa shape index (κ2) is 9.19. The van der Waals surface area contributed by atoms with Gasteiger partial charge in [0.2, 0.25) is 5.91 Å². The number of fused-ring (bicyclic) bond motifs is 3. The molecule has 1 amide bonds. The predicted molar refractivity (Wildman–Crippen MR) is 118 cm³/mol. The van der Waals surface area contributed by atoms with Crippen molar-refractivity contribution in [3.8, 4) is 0 Å². The number of rotatable bonds is 5. The number of benzene rings is 2. The molecule has 0 bridgehead atoms. The van der Waals surface area contributed by atoms with Crippen LogP contribution in [-0.2, 0) is 22.1 Å². The summed E-state index contributed by atoms with van der Waals surface area (Å²) in [4.78, 5) is 17.3. The number of hydrogen-bond donors (Lipinski definition) is 1. The van der Waals surface area contributed by atoms with E-state index < -0.39 is 17.7 Å². The Bertz CT molecular complexity index is 985. The molecule has 2 aromatic rings. The van der Waals surface area contributed by atoms with Crippen molar-refractivity contribution in [1.82, 2.24) is 5.32 Å². The summed E-state index contributed by atoms with van der Waals surface area (Å²) in [6, 6.07) is 11.2. The lowest BCUT2D eigenvalue weighted by molar-refractivity contribution is -0.137. The van der Waals surface area contributed by atoms with Crippen LogP contribution in [0.3, 0.4) is 0 Å². The van der Waals surface area contributed by atoms with E-state index in [4.69, 9.17) is 16.3 Å². The first-order valence-electron chi connectivity index (χ1n) is 10.5. The summed E-state index contributed by atoms with van der Waals surface area (Å²) in [6.07, 6.45) is -4.18.